The number of phosphoric ester groups is 1. The molecular weight excluding hydrogens is 960 g/mol. The number of phosphoric acid groups is 1. The molecule has 0 rings (SSSR count). The van der Waals surface area contributed by atoms with E-state index >= 15 is 0 Å². The van der Waals surface area contributed by atoms with E-state index in [-0.39, 0.29) is 19.1 Å². The van der Waals surface area contributed by atoms with E-state index in [9.17, 15) is 19.4 Å². The van der Waals surface area contributed by atoms with E-state index in [4.69, 9.17) is 9.05 Å². The molecule has 0 aliphatic rings. The standard InChI is InChI=1S/C67H135N2O6P/c1-6-8-10-12-14-16-18-20-22-24-26-28-30-31-32-33-34-35-36-37-39-41-43-45-47-49-51-53-55-57-59-61-67(71)68-65(64-75-76(72,73)74-63-62-69(3,4)5)66(70)60-58-56-54-52-50-48-46-44-42-40-38-29-27-25-23-21-19-17-15-13-11-9-7-2/h24,26,65-66,70H,6-23,25,27-64H2,1-5H3,(H-,68,71,72,73)/p+1/b26-24-. The van der Waals surface area contributed by atoms with Crippen molar-refractivity contribution in [3.63, 3.8) is 0 Å². The Balaban J connectivity index is 4.00. The molecule has 0 saturated carbocycles. The molecular formula is C67H136N2O6P+. The molecule has 0 radical (unpaired) electrons. The number of nitrogens with zero attached hydrogens (tertiary/aromatic N) is 1. The summed E-state index contributed by atoms with van der Waals surface area (Å²) in [6, 6.07) is -0.758. The van der Waals surface area contributed by atoms with Gasteiger partial charge in [-0.3, -0.25) is 13.8 Å². The molecule has 0 aromatic carbocycles. The third-order valence-electron chi connectivity index (χ3n) is 16.0. The molecule has 0 aliphatic carbocycles. The van der Waals surface area contributed by atoms with Gasteiger partial charge in [-0.15, -0.1) is 0 Å². The van der Waals surface area contributed by atoms with Gasteiger partial charge in [0.25, 0.3) is 0 Å². The number of carbonyl (C=O) groups excluding carboxylic acids is 1. The molecule has 0 aromatic rings. The molecule has 0 aromatic heterocycles. The minimum absolute atomic E-state index is 0.0784. The molecule has 9 heteroatoms. The summed E-state index contributed by atoms with van der Waals surface area (Å²) in [5.41, 5.74) is 0. The summed E-state index contributed by atoms with van der Waals surface area (Å²) in [6.07, 6.45) is 74.5. The lowest BCUT2D eigenvalue weighted by Gasteiger charge is -2.26. The number of hydrogen-bond donors (Lipinski definition) is 3. The summed E-state index contributed by atoms with van der Waals surface area (Å²) in [4.78, 5) is 23.4. The first-order chi connectivity index (χ1) is 37.0. The second-order valence-electron chi connectivity index (χ2n) is 24.9. The van der Waals surface area contributed by atoms with Gasteiger partial charge in [-0.25, -0.2) is 4.57 Å². The number of hydrogen-bond acceptors (Lipinski definition) is 5. The Morgan fingerprint density at radius 2 is 0.711 bits per heavy atom. The van der Waals surface area contributed by atoms with Crippen LogP contribution in [0.5, 0.6) is 0 Å². The van der Waals surface area contributed by atoms with Crippen LogP contribution in [0.1, 0.15) is 361 Å². The highest BCUT2D eigenvalue weighted by molar-refractivity contribution is 7.47. The monoisotopic (exact) mass is 1100 g/mol. The second kappa shape index (κ2) is 58.9. The molecule has 454 valence electrons. The fourth-order valence-electron chi connectivity index (χ4n) is 10.7. The number of carbonyl (C=O) groups is 1. The zero-order chi connectivity index (χ0) is 55.6. The Morgan fingerprint density at radius 1 is 0.434 bits per heavy atom. The molecule has 3 N–H and O–H groups in total. The maximum absolute atomic E-state index is 13.1. The zero-order valence-corrected chi connectivity index (χ0v) is 52.9. The quantitative estimate of drug-likeness (QED) is 0.0243. The summed E-state index contributed by atoms with van der Waals surface area (Å²) < 4.78 is 23.9. The van der Waals surface area contributed by atoms with Crippen LogP contribution < -0.4 is 5.32 Å². The van der Waals surface area contributed by atoms with Gasteiger partial charge < -0.3 is 19.8 Å². The highest BCUT2D eigenvalue weighted by Crippen LogP contribution is 2.43. The molecule has 1 amide bonds. The van der Waals surface area contributed by atoms with Gasteiger partial charge in [-0.05, 0) is 38.5 Å². The van der Waals surface area contributed by atoms with Crippen molar-refractivity contribution < 1.29 is 32.9 Å². The summed E-state index contributed by atoms with van der Waals surface area (Å²) >= 11 is 0. The van der Waals surface area contributed by atoms with E-state index in [1.807, 2.05) is 21.1 Å². The van der Waals surface area contributed by atoms with Crippen LogP contribution in [0.4, 0.5) is 0 Å². The summed E-state index contributed by atoms with van der Waals surface area (Å²) in [7, 11) is 1.64. The number of unbranched alkanes of at least 4 members (excludes halogenated alkanes) is 49. The number of amides is 1. The molecule has 3 unspecified atom stereocenters. The number of likely N-dealkylation sites (N-methyl/N-ethyl adjacent to an activating group) is 1. The Kier molecular flexibility index (Phi) is 58.3. The molecule has 76 heavy (non-hydrogen) atoms. The van der Waals surface area contributed by atoms with Crippen molar-refractivity contribution in [2.45, 2.75) is 373 Å². The predicted octanol–water partition coefficient (Wildman–Crippen LogP) is 21.3. The fourth-order valence-corrected chi connectivity index (χ4v) is 11.4. The van der Waals surface area contributed by atoms with Gasteiger partial charge in [0.05, 0.1) is 39.9 Å². The first-order valence-corrected chi connectivity index (χ1v) is 35.5. The Morgan fingerprint density at radius 3 is 1.01 bits per heavy atom. The van der Waals surface area contributed by atoms with Gasteiger partial charge in [-0.2, -0.15) is 0 Å². The van der Waals surface area contributed by atoms with Crippen molar-refractivity contribution >= 4 is 13.7 Å². The van der Waals surface area contributed by atoms with Gasteiger partial charge in [0, 0.05) is 6.42 Å². The van der Waals surface area contributed by atoms with E-state index in [0.29, 0.717) is 23.9 Å². The lowest BCUT2D eigenvalue weighted by Crippen LogP contribution is -2.46. The minimum Gasteiger partial charge on any atom is -0.391 e. The normalized spacial score (nSPS) is 13.7. The third kappa shape index (κ3) is 60.9. The van der Waals surface area contributed by atoms with E-state index in [2.05, 4.69) is 31.3 Å². The van der Waals surface area contributed by atoms with E-state index in [1.54, 1.807) is 0 Å². The molecule has 0 spiro atoms. The van der Waals surface area contributed by atoms with E-state index in [0.717, 1.165) is 38.5 Å². The van der Waals surface area contributed by atoms with Crippen LogP contribution >= 0.6 is 7.82 Å². The SMILES string of the molecule is CCCCCCCCCC/C=C\CCCCCCCCCCCCCCCCCCCCCC(=O)NC(COP(=O)(O)OCC[N+](C)(C)C)C(O)CCCCCCCCCCCCCCCCCCCCCCCCC. The Hall–Kier alpha value is -0.760. The molecule has 0 fully saturated rings. The lowest BCUT2D eigenvalue weighted by molar-refractivity contribution is -0.870. The van der Waals surface area contributed by atoms with Crippen molar-refractivity contribution in [1.29, 1.82) is 0 Å². The number of quaternary nitrogens is 1. The second-order valence-corrected chi connectivity index (χ2v) is 26.4. The number of aliphatic hydroxyl groups is 1. The number of nitrogens with one attached hydrogen (secondary N) is 1. The number of rotatable bonds is 64. The minimum atomic E-state index is -4.32. The zero-order valence-electron chi connectivity index (χ0n) is 52.0. The van der Waals surface area contributed by atoms with Gasteiger partial charge in [0.2, 0.25) is 5.91 Å². The molecule has 0 saturated heterocycles. The van der Waals surface area contributed by atoms with Gasteiger partial charge in [-0.1, -0.05) is 328 Å². The highest BCUT2D eigenvalue weighted by atomic mass is 31.2. The van der Waals surface area contributed by atoms with Crippen LogP contribution in [0, 0.1) is 0 Å². The summed E-state index contributed by atoms with van der Waals surface area (Å²) in [5, 5.41) is 14.1. The van der Waals surface area contributed by atoms with Crippen molar-refractivity contribution in [2.24, 2.45) is 0 Å². The predicted molar refractivity (Wildman–Crippen MR) is 332 cm³/mol. The Labute approximate surface area is 475 Å². The molecule has 8 nitrogen and oxygen atoms in total. The average molecular weight is 1100 g/mol. The summed E-state index contributed by atoms with van der Waals surface area (Å²) in [5.74, 6) is -0.135. The van der Waals surface area contributed by atoms with Crippen LogP contribution in [0.15, 0.2) is 12.2 Å². The molecule has 0 heterocycles. The summed E-state index contributed by atoms with van der Waals surface area (Å²) in [6.45, 7) is 4.95. The van der Waals surface area contributed by atoms with Crippen molar-refractivity contribution in [3.05, 3.63) is 12.2 Å². The van der Waals surface area contributed by atoms with E-state index < -0.39 is 20.0 Å². The molecule has 3 atom stereocenters. The van der Waals surface area contributed by atoms with Crippen LogP contribution in [0.2, 0.25) is 0 Å². The lowest BCUT2D eigenvalue weighted by atomic mass is 10.0. The Bertz CT molecular complexity index is 1240. The van der Waals surface area contributed by atoms with Crippen LogP contribution in [-0.2, 0) is 18.4 Å². The van der Waals surface area contributed by atoms with Crippen molar-refractivity contribution in [1.82, 2.24) is 5.32 Å². The van der Waals surface area contributed by atoms with Crippen molar-refractivity contribution in [3.8, 4) is 0 Å². The number of allylic oxidation sites excluding steroid dienone is 2. The van der Waals surface area contributed by atoms with Gasteiger partial charge in [0.15, 0.2) is 0 Å². The fraction of sp³-hybridized carbons (Fsp3) is 0.955. The average Bonchev–Trinajstić information content (AvgIpc) is 3.38. The maximum atomic E-state index is 13.1. The number of aliphatic hydroxyl groups excluding tert-OH is 1. The molecule has 0 aliphatic heterocycles. The maximum Gasteiger partial charge on any atom is 0.472 e. The largest absolute Gasteiger partial charge is 0.472 e. The van der Waals surface area contributed by atoms with Crippen LogP contribution in [0.25, 0.3) is 0 Å². The smallest absolute Gasteiger partial charge is 0.391 e. The molecule has 0 bridgehead atoms. The first kappa shape index (κ1) is 75.2. The van der Waals surface area contributed by atoms with Crippen LogP contribution in [-0.4, -0.2) is 73.4 Å². The third-order valence-corrected chi connectivity index (χ3v) is 17.0. The van der Waals surface area contributed by atoms with E-state index in [1.165, 1.54) is 295 Å². The topological polar surface area (TPSA) is 105 Å². The first-order valence-electron chi connectivity index (χ1n) is 34.1. The highest BCUT2D eigenvalue weighted by Gasteiger charge is 2.28. The van der Waals surface area contributed by atoms with Gasteiger partial charge in [0.1, 0.15) is 13.2 Å². The van der Waals surface area contributed by atoms with Gasteiger partial charge >= 0.3 is 7.82 Å². The van der Waals surface area contributed by atoms with Crippen molar-refractivity contribution in [2.75, 3.05) is 40.9 Å². The van der Waals surface area contributed by atoms with Crippen LogP contribution in [0.3, 0.4) is 0 Å².